The smallest absolute Gasteiger partial charge is 0.335 e. The Balaban J connectivity index is 3.35. The fourth-order valence-electron chi connectivity index (χ4n) is 3.14. The van der Waals surface area contributed by atoms with Gasteiger partial charge in [-0.15, -0.1) is 0 Å². The highest BCUT2D eigenvalue weighted by Gasteiger charge is 2.34. The molecule has 0 amide bonds. The van der Waals surface area contributed by atoms with E-state index in [4.69, 9.17) is 10.2 Å². The molecule has 0 heterocycles. The minimum Gasteiger partial charge on any atom is -0.479 e. The SMILES string of the molecule is CCCCCCCCCCCCCCCCC(O)(CCO)C(=O)O. The van der Waals surface area contributed by atoms with E-state index in [-0.39, 0.29) is 19.4 Å². The zero-order chi connectivity index (χ0) is 18.1. The van der Waals surface area contributed by atoms with Gasteiger partial charge in [-0.2, -0.15) is 0 Å². The minimum atomic E-state index is -1.74. The van der Waals surface area contributed by atoms with Gasteiger partial charge >= 0.3 is 5.97 Å². The molecule has 0 aromatic rings. The van der Waals surface area contributed by atoms with Crippen LogP contribution in [0.15, 0.2) is 0 Å². The molecule has 0 rings (SSSR count). The van der Waals surface area contributed by atoms with Crippen LogP contribution in [0.2, 0.25) is 0 Å². The molecule has 0 aliphatic heterocycles. The summed E-state index contributed by atoms with van der Waals surface area (Å²) in [5.74, 6) is -1.22. The molecule has 0 aliphatic rings. The van der Waals surface area contributed by atoms with Gasteiger partial charge < -0.3 is 15.3 Å². The number of rotatable bonds is 18. The third kappa shape index (κ3) is 12.8. The van der Waals surface area contributed by atoms with Crippen molar-refractivity contribution in [3.05, 3.63) is 0 Å². The Bertz CT molecular complexity index is 293. The Morgan fingerprint density at radius 1 is 0.708 bits per heavy atom. The van der Waals surface area contributed by atoms with Crippen LogP contribution >= 0.6 is 0 Å². The van der Waals surface area contributed by atoms with E-state index in [0.29, 0.717) is 6.42 Å². The predicted molar refractivity (Wildman–Crippen MR) is 99.2 cm³/mol. The standard InChI is InChI=1S/C20H40O4/c1-2-3-4-5-6-7-8-9-10-11-12-13-14-15-16-20(24,17-18-21)19(22)23/h21,24H,2-18H2,1H3,(H,22,23). The van der Waals surface area contributed by atoms with E-state index in [1.807, 2.05) is 0 Å². The van der Waals surface area contributed by atoms with Crippen LogP contribution in [-0.2, 0) is 4.79 Å². The predicted octanol–water partition coefficient (Wildman–Crippen LogP) is 5.06. The zero-order valence-corrected chi connectivity index (χ0v) is 15.8. The third-order valence-corrected chi connectivity index (χ3v) is 4.87. The van der Waals surface area contributed by atoms with Crippen molar-refractivity contribution in [2.45, 2.75) is 115 Å². The summed E-state index contributed by atoms with van der Waals surface area (Å²) in [7, 11) is 0. The van der Waals surface area contributed by atoms with Crippen molar-refractivity contribution in [2.75, 3.05) is 6.61 Å². The summed E-state index contributed by atoms with van der Waals surface area (Å²) in [6.45, 7) is 1.96. The second-order valence-corrected chi connectivity index (χ2v) is 7.16. The molecule has 1 atom stereocenters. The Morgan fingerprint density at radius 3 is 1.42 bits per heavy atom. The van der Waals surface area contributed by atoms with Crippen LogP contribution in [0, 0.1) is 0 Å². The van der Waals surface area contributed by atoms with Gasteiger partial charge in [0.05, 0.1) is 0 Å². The van der Waals surface area contributed by atoms with Crippen molar-refractivity contribution >= 4 is 5.97 Å². The van der Waals surface area contributed by atoms with E-state index in [0.717, 1.165) is 12.8 Å². The Morgan fingerprint density at radius 2 is 1.08 bits per heavy atom. The second kappa shape index (κ2) is 15.9. The van der Waals surface area contributed by atoms with Crippen molar-refractivity contribution in [2.24, 2.45) is 0 Å². The van der Waals surface area contributed by atoms with E-state index in [1.165, 1.54) is 70.6 Å². The zero-order valence-electron chi connectivity index (χ0n) is 15.8. The molecule has 0 saturated carbocycles. The largest absolute Gasteiger partial charge is 0.479 e. The lowest BCUT2D eigenvalue weighted by atomic mass is 9.92. The van der Waals surface area contributed by atoms with Gasteiger partial charge in [0.25, 0.3) is 0 Å². The minimum absolute atomic E-state index is 0.0826. The molecule has 0 aromatic heterocycles. The highest BCUT2D eigenvalue weighted by molar-refractivity contribution is 5.76. The first kappa shape index (κ1) is 23.4. The summed E-state index contributed by atoms with van der Waals surface area (Å²) in [6, 6.07) is 0. The molecular weight excluding hydrogens is 304 g/mol. The lowest BCUT2D eigenvalue weighted by Crippen LogP contribution is -2.39. The van der Waals surface area contributed by atoms with Gasteiger partial charge in [-0.25, -0.2) is 4.79 Å². The van der Waals surface area contributed by atoms with Crippen LogP contribution in [0.5, 0.6) is 0 Å². The maximum atomic E-state index is 11.0. The first-order valence-corrected chi connectivity index (χ1v) is 10.1. The molecule has 0 radical (unpaired) electrons. The summed E-state index contributed by atoms with van der Waals surface area (Å²) in [5.41, 5.74) is -1.74. The average molecular weight is 345 g/mol. The van der Waals surface area contributed by atoms with E-state index < -0.39 is 11.6 Å². The number of hydrogen-bond acceptors (Lipinski definition) is 3. The number of aliphatic hydroxyl groups is 2. The normalized spacial score (nSPS) is 13.8. The fourth-order valence-corrected chi connectivity index (χ4v) is 3.14. The molecule has 4 nitrogen and oxygen atoms in total. The Kier molecular flexibility index (Phi) is 15.5. The van der Waals surface area contributed by atoms with Crippen molar-refractivity contribution in [3.63, 3.8) is 0 Å². The topological polar surface area (TPSA) is 77.8 Å². The first-order chi connectivity index (χ1) is 11.6. The van der Waals surface area contributed by atoms with Gasteiger partial charge in [0.15, 0.2) is 5.60 Å². The molecule has 0 fully saturated rings. The summed E-state index contributed by atoms with van der Waals surface area (Å²) in [5, 5.41) is 27.8. The van der Waals surface area contributed by atoms with Crippen LogP contribution < -0.4 is 0 Å². The number of carbonyl (C=O) groups is 1. The summed E-state index contributed by atoms with van der Waals surface area (Å²) in [6.07, 6.45) is 17.6. The van der Waals surface area contributed by atoms with E-state index >= 15 is 0 Å². The van der Waals surface area contributed by atoms with Gasteiger partial charge in [-0.3, -0.25) is 0 Å². The number of carboxylic acid groups (broad SMARTS) is 1. The molecular formula is C20H40O4. The average Bonchev–Trinajstić information content (AvgIpc) is 2.55. The van der Waals surface area contributed by atoms with Crippen LogP contribution in [0.3, 0.4) is 0 Å². The quantitative estimate of drug-likeness (QED) is 0.304. The molecule has 0 aromatic carbocycles. The highest BCUT2D eigenvalue weighted by Crippen LogP contribution is 2.20. The molecule has 0 aliphatic carbocycles. The van der Waals surface area contributed by atoms with Crippen molar-refractivity contribution in [3.8, 4) is 0 Å². The van der Waals surface area contributed by atoms with Gasteiger partial charge in [0.2, 0.25) is 0 Å². The van der Waals surface area contributed by atoms with Gasteiger partial charge in [0, 0.05) is 13.0 Å². The third-order valence-electron chi connectivity index (χ3n) is 4.87. The molecule has 24 heavy (non-hydrogen) atoms. The van der Waals surface area contributed by atoms with Crippen LogP contribution in [0.1, 0.15) is 110 Å². The Labute approximate surface area is 148 Å². The number of aliphatic hydroxyl groups excluding tert-OH is 1. The van der Waals surface area contributed by atoms with E-state index in [1.54, 1.807) is 0 Å². The van der Waals surface area contributed by atoms with Gasteiger partial charge in [-0.1, -0.05) is 90.4 Å². The maximum Gasteiger partial charge on any atom is 0.335 e. The Hall–Kier alpha value is -0.610. The molecule has 4 heteroatoms. The maximum absolute atomic E-state index is 11.0. The molecule has 0 spiro atoms. The fraction of sp³-hybridized carbons (Fsp3) is 0.950. The number of unbranched alkanes of at least 4 members (excludes halogenated alkanes) is 13. The molecule has 3 N–H and O–H groups in total. The van der Waals surface area contributed by atoms with Crippen LogP contribution in [-0.4, -0.2) is 33.5 Å². The van der Waals surface area contributed by atoms with Gasteiger partial charge in [-0.05, 0) is 12.8 Å². The summed E-state index contributed by atoms with van der Waals surface area (Å²) >= 11 is 0. The second-order valence-electron chi connectivity index (χ2n) is 7.16. The summed E-state index contributed by atoms with van der Waals surface area (Å²) < 4.78 is 0. The van der Waals surface area contributed by atoms with Crippen molar-refractivity contribution < 1.29 is 20.1 Å². The number of hydrogen-bond donors (Lipinski definition) is 3. The van der Waals surface area contributed by atoms with Crippen LogP contribution in [0.25, 0.3) is 0 Å². The van der Waals surface area contributed by atoms with Crippen molar-refractivity contribution in [1.82, 2.24) is 0 Å². The lowest BCUT2D eigenvalue weighted by molar-refractivity contribution is -0.161. The molecule has 0 bridgehead atoms. The van der Waals surface area contributed by atoms with Crippen LogP contribution in [0.4, 0.5) is 0 Å². The highest BCUT2D eigenvalue weighted by atomic mass is 16.4. The van der Waals surface area contributed by atoms with E-state index in [9.17, 15) is 9.90 Å². The van der Waals surface area contributed by atoms with Crippen molar-refractivity contribution in [1.29, 1.82) is 0 Å². The molecule has 144 valence electrons. The number of carboxylic acids is 1. The van der Waals surface area contributed by atoms with Gasteiger partial charge in [0.1, 0.15) is 0 Å². The monoisotopic (exact) mass is 344 g/mol. The first-order valence-electron chi connectivity index (χ1n) is 10.1. The van der Waals surface area contributed by atoms with E-state index in [2.05, 4.69) is 6.92 Å². The molecule has 1 unspecified atom stereocenters. The number of aliphatic carboxylic acids is 1. The lowest BCUT2D eigenvalue weighted by Gasteiger charge is -2.22. The summed E-state index contributed by atoms with van der Waals surface area (Å²) in [4.78, 5) is 11.0. The molecule has 0 saturated heterocycles.